The minimum atomic E-state index is 0.187. The highest BCUT2D eigenvalue weighted by atomic mass is 79.9. The fourth-order valence-corrected chi connectivity index (χ4v) is 3.67. The molecule has 0 heterocycles. The van der Waals surface area contributed by atoms with E-state index in [1.54, 1.807) is 7.11 Å². The molecule has 1 saturated carbocycles. The highest BCUT2D eigenvalue weighted by molar-refractivity contribution is 9.09. The molecule has 0 spiro atoms. The number of benzene rings is 1. The third-order valence-corrected chi connectivity index (χ3v) is 5.12. The quantitative estimate of drug-likeness (QED) is 0.787. The zero-order valence-electron chi connectivity index (χ0n) is 12.1. The molecule has 2 atom stereocenters. The predicted molar refractivity (Wildman–Crippen MR) is 84.4 cm³/mol. The molecule has 1 aliphatic carbocycles. The maximum atomic E-state index is 12.4. The highest BCUT2D eigenvalue weighted by Crippen LogP contribution is 2.28. The first-order valence-corrected chi connectivity index (χ1v) is 8.06. The van der Waals surface area contributed by atoms with Crippen molar-refractivity contribution < 1.29 is 9.53 Å². The van der Waals surface area contributed by atoms with E-state index >= 15 is 0 Å². The topological polar surface area (TPSA) is 29.5 Å². The van der Waals surface area contributed by atoms with Gasteiger partial charge in [0, 0.05) is 17.9 Å². The molecule has 0 radical (unpaired) electrons. The Labute approximate surface area is 129 Å². The van der Waals surface area contributed by atoms with Gasteiger partial charge in [0.25, 0.3) is 0 Å². The van der Waals surface area contributed by atoms with E-state index in [9.17, 15) is 4.79 Å². The van der Waals surface area contributed by atoms with Gasteiger partial charge in [-0.1, -0.05) is 40.9 Å². The van der Waals surface area contributed by atoms with Gasteiger partial charge in [0.1, 0.15) is 5.75 Å². The summed E-state index contributed by atoms with van der Waals surface area (Å²) in [5.74, 6) is 1.01. The number of carbonyl (C=O) groups is 1. The van der Waals surface area contributed by atoms with Crippen molar-refractivity contribution in [1.29, 1.82) is 0 Å². The van der Waals surface area contributed by atoms with E-state index in [2.05, 4.69) is 15.9 Å². The molecule has 1 amide bonds. The van der Waals surface area contributed by atoms with Crippen molar-refractivity contribution in [3.63, 3.8) is 0 Å². The van der Waals surface area contributed by atoms with Crippen LogP contribution in [0.25, 0.3) is 0 Å². The number of hydrogen-bond acceptors (Lipinski definition) is 2. The lowest BCUT2D eigenvalue weighted by molar-refractivity contribution is -0.131. The van der Waals surface area contributed by atoms with Gasteiger partial charge in [-0.25, -0.2) is 0 Å². The van der Waals surface area contributed by atoms with E-state index in [0.29, 0.717) is 17.3 Å². The molecule has 0 saturated heterocycles. The lowest BCUT2D eigenvalue weighted by atomic mass is 9.94. The number of ether oxygens (including phenoxy) is 1. The van der Waals surface area contributed by atoms with Crippen LogP contribution in [0.3, 0.4) is 0 Å². The summed E-state index contributed by atoms with van der Waals surface area (Å²) >= 11 is 3.72. The first-order valence-electron chi connectivity index (χ1n) is 7.14. The van der Waals surface area contributed by atoms with Gasteiger partial charge >= 0.3 is 0 Å². The Kier molecular flexibility index (Phi) is 5.46. The zero-order valence-corrected chi connectivity index (χ0v) is 13.7. The molecule has 110 valence electrons. The minimum absolute atomic E-state index is 0.187. The lowest BCUT2D eigenvalue weighted by Gasteiger charge is -2.35. The van der Waals surface area contributed by atoms with Gasteiger partial charge in [0.05, 0.1) is 13.5 Å². The largest absolute Gasteiger partial charge is 0.497 e. The summed E-state index contributed by atoms with van der Waals surface area (Å²) in [6.07, 6.45) is 5.18. The van der Waals surface area contributed by atoms with Crippen LogP contribution in [0.5, 0.6) is 5.75 Å². The van der Waals surface area contributed by atoms with Gasteiger partial charge in [-0.05, 0) is 30.5 Å². The standard InChI is InChI=1S/C16H22BrNO2/c1-18(15-6-4-3-5-14(15)17)16(19)11-12-7-9-13(20-2)10-8-12/h7-10,14-15H,3-6,11H2,1-2H3. The summed E-state index contributed by atoms with van der Waals surface area (Å²) in [4.78, 5) is 14.7. The van der Waals surface area contributed by atoms with Crippen LogP contribution in [0, 0.1) is 0 Å². The van der Waals surface area contributed by atoms with Crippen LogP contribution < -0.4 is 4.74 Å². The summed E-state index contributed by atoms with van der Waals surface area (Å²) in [5.41, 5.74) is 1.03. The summed E-state index contributed by atoms with van der Waals surface area (Å²) in [7, 11) is 3.57. The van der Waals surface area contributed by atoms with Crippen molar-refractivity contribution in [1.82, 2.24) is 4.90 Å². The molecule has 0 bridgehead atoms. The Hall–Kier alpha value is -1.03. The SMILES string of the molecule is COc1ccc(CC(=O)N(C)C2CCCCC2Br)cc1. The van der Waals surface area contributed by atoms with Crippen molar-refractivity contribution >= 4 is 21.8 Å². The van der Waals surface area contributed by atoms with E-state index in [-0.39, 0.29) is 5.91 Å². The first kappa shape index (κ1) is 15.4. The number of rotatable bonds is 4. The third kappa shape index (κ3) is 3.75. The lowest BCUT2D eigenvalue weighted by Crippen LogP contribution is -2.44. The number of halogens is 1. The average molecular weight is 340 g/mol. The maximum Gasteiger partial charge on any atom is 0.227 e. The fraction of sp³-hybridized carbons (Fsp3) is 0.562. The zero-order chi connectivity index (χ0) is 14.5. The molecule has 1 aromatic carbocycles. The van der Waals surface area contributed by atoms with Gasteiger partial charge in [0.15, 0.2) is 0 Å². The van der Waals surface area contributed by atoms with E-state index in [0.717, 1.165) is 24.2 Å². The average Bonchev–Trinajstić information content (AvgIpc) is 2.48. The van der Waals surface area contributed by atoms with Gasteiger partial charge in [-0.3, -0.25) is 4.79 Å². The summed E-state index contributed by atoms with van der Waals surface area (Å²) < 4.78 is 5.13. The maximum absolute atomic E-state index is 12.4. The predicted octanol–water partition coefficient (Wildman–Crippen LogP) is 3.40. The number of hydrogen-bond donors (Lipinski definition) is 0. The molecule has 1 fully saturated rings. The van der Waals surface area contributed by atoms with Crippen molar-refractivity contribution in [2.24, 2.45) is 0 Å². The number of likely N-dealkylation sites (N-methyl/N-ethyl adjacent to an activating group) is 1. The van der Waals surface area contributed by atoms with Crippen LogP contribution >= 0.6 is 15.9 Å². The Morgan fingerprint density at radius 3 is 2.55 bits per heavy atom. The molecular formula is C16H22BrNO2. The Balaban J connectivity index is 1.95. The summed E-state index contributed by atoms with van der Waals surface area (Å²) in [6, 6.07) is 8.04. The van der Waals surface area contributed by atoms with Crippen molar-refractivity contribution in [2.75, 3.05) is 14.2 Å². The molecule has 1 aliphatic rings. The molecule has 2 rings (SSSR count). The Morgan fingerprint density at radius 1 is 1.30 bits per heavy atom. The van der Waals surface area contributed by atoms with Crippen LogP contribution in [0.4, 0.5) is 0 Å². The van der Waals surface area contributed by atoms with E-state index in [1.165, 1.54) is 12.8 Å². The van der Waals surface area contributed by atoms with Crippen LogP contribution in [-0.4, -0.2) is 35.8 Å². The summed E-state index contributed by atoms with van der Waals surface area (Å²) in [6.45, 7) is 0. The highest BCUT2D eigenvalue weighted by Gasteiger charge is 2.28. The van der Waals surface area contributed by atoms with Gasteiger partial charge in [0.2, 0.25) is 5.91 Å². The fourth-order valence-electron chi connectivity index (χ4n) is 2.73. The van der Waals surface area contributed by atoms with Crippen molar-refractivity contribution in [2.45, 2.75) is 43.0 Å². The van der Waals surface area contributed by atoms with E-state index in [4.69, 9.17) is 4.74 Å². The number of nitrogens with zero attached hydrogens (tertiary/aromatic N) is 1. The normalized spacial score (nSPS) is 22.4. The Morgan fingerprint density at radius 2 is 1.95 bits per heavy atom. The molecule has 20 heavy (non-hydrogen) atoms. The first-order chi connectivity index (χ1) is 9.61. The molecule has 0 aromatic heterocycles. The number of alkyl halides is 1. The number of carbonyl (C=O) groups excluding carboxylic acids is 1. The molecule has 1 aromatic rings. The molecule has 0 aliphatic heterocycles. The molecular weight excluding hydrogens is 318 g/mol. The van der Waals surface area contributed by atoms with Gasteiger partial charge in [-0.2, -0.15) is 0 Å². The second kappa shape index (κ2) is 7.11. The van der Waals surface area contributed by atoms with Crippen LogP contribution in [0.1, 0.15) is 31.2 Å². The Bertz CT molecular complexity index is 446. The number of methoxy groups -OCH3 is 1. The minimum Gasteiger partial charge on any atom is -0.497 e. The molecule has 4 heteroatoms. The van der Waals surface area contributed by atoms with Crippen molar-refractivity contribution in [3.8, 4) is 5.75 Å². The second-order valence-corrected chi connectivity index (χ2v) is 6.57. The van der Waals surface area contributed by atoms with Crippen LogP contribution in [-0.2, 0) is 11.2 Å². The smallest absolute Gasteiger partial charge is 0.227 e. The molecule has 3 nitrogen and oxygen atoms in total. The van der Waals surface area contributed by atoms with E-state index in [1.807, 2.05) is 36.2 Å². The third-order valence-electron chi connectivity index (χ3n) is 4.05. The van der Waals surface area contributed by atoms with Crippen molar-refractivity contribution in [3.05, 3.63) is 29.8 Å². The molecule has 2 unspecified atom stereocenters. The van der Waals surface area contributed by atoms with Crippen LogP contribution in [0.15, 0.2) is 24.3 Å². The van der Waals surface area contributed by atoms with Gasteiger partial charge < -0.3 is 9.64 Å². The molecule has 0 N–H and O–H groups in total. The monoisotopic (exact) mass is 339 g/mol. The number of amides is 1. The van der Waals surface area contributed by atoms with Gasteiger partial charge in [-0.15, -0.1) is 0 Å². The second-order valence-electron chi connectivity index (χ2n) is 5.40. The summed E-state index contributed by atoms with van der Waals surface area (Å²) in [5, 5.41) is 0. The van der Waals surface area contributed by atoms with E-state index < -0.39 is 0 Å². The van der Waals surface area contributed by atoms with Crippen LogP contribution in [0.2, 0.25) is 0 Å².